The second-order valence-electron chi connectivity index (χ2n) is 3.78. The van der Waals surface area contributed by atoms with Gasteiger partial charge in [0.1, 0.15) is 5.76 Å². The van der Waals surface area contributed by atoms with E-state index in [4.69, 9.17) is 4.74 Å². The van der Waals surface area contributed by atoms with Crippen LogP contribution in [0.1, 0.15) is 12.8 Å². The third-order valence-electron chi connectivity index (χ3n) is 2.62. The lowest BCUT2D eigenvalue weighted by molar-refractivity contribution is -0.133. The highest BCUT2D eigenvalue weighted by molar-refractivity contribution is 5.83. The Morgan fingerprint density at radius 2 is 2.18 bits per heavy atom. The Morgan fingerprint density at radius 1 is 1.29 bits per heavy atom. The van der Waals surface area contributed by atoms with Crippen LogP contribution in [-0.2, 0) is 9.53 Å². The minimum absolute atomic E-state index is 0.422. The zero-order valence-corrected chi connectivity index (χ0v) is 9.56. The van der Waals surface area contributed by atoms with Crippen LogP contribution in [0.5, 0.6) is 0 Å². The van der Waals surface area contributed by atoms with Gasteiger partial charge in [0.25, 0.3) is 0 Å². The second-order valence-corrected chi connectivity index (χ2v) is 3.78. The van der Waals surface area contributed by atoms with Gasteiger partial charge in [-0.15, -0.1) is 0 Å². The number of esters is 1. The van der Waals surface area contributed by atoms with Crippen molar-refractivity contribution in [3.05, 3.63) is 72.1 Å². The molecule has 0 amide bonds. The molecule has 0 N–H and O–H groups in total. The van der Waals surface area contributed by atoms with Gasteiger partial charge in [0.05, 0.1) is 0 Å². The zero-order chi connectivity index (χ0) is 12.1. The molecule has 0 saturated carbocycles. The molecule has 0 spiro atoms. The second kappa shape index (κ2) is 5.30. The number of carbonyl (C=O) groups excluding carboxylic acids is 1. The van der Waals surface area contributed by atoms with Crippen LogP contribution in [0.2, 0.25) is 0 Å². The number of hydrogen-bond acceptors (Lipinski definition) is 2. The van der Waals surface area contributed by atoms with Crippen LogP contribution >= 0.6 is 0 Å². The molecule has 0 aliphatic heterocycles. The molecule has 0 fully saturated rings. The summed E-state index contributed by atoms with van der Waals surface area (Å²) in [5.41, 5.74) is 2.17. The van der Waals surface area contributed by atoms with Crippen LogP contribution in [0.15, 0.2) is 72.1 Å². The summed E-state index contributed by atoms with van der Waals surface area (Å²) in [5.74, 6) is 0.185. The molecule has 0 saturated heterocycles. The van der Waals surface area contributed by atoms with Crippen LogP contribution < -0.4 is 0 Å². The number of allylic oxidation sites excluding steroid dienone is 8. The quantitative estimate of drug-likeness (QED) is 0.533. The summed E-state index contributed by atoms with van der Waals surface area (Å²) >= 11 is 0. The topological polar surface area (TPSA) is 26.3 Å². The van der Waals surface area contributed by atoms with E-state index >= 15 is 0 Å². The molecule has 17 heavy (non-hydrogen) atoms. The normalized spacial score (nSPS) is 22.2. The SMILES string of the molecule is C=CC(=O)OC1=CC=CC1=C1C=CC=CCC1. The van der Waals surface area contributed by atoms with Gasteiger partial charge in [-0.3, -0.25) is 0 Å². The molecule has 2 heteroatoms. The Morgan fingerprint density at radius 3 is 3.00 bits per heavy atom. The third-order valence-corrected chi connectivity index (χ3v) is 2.62. The highest BCUT2D eigenvalue weighted by Crippen LogP contribution is 2.27. The van der Waals surface area contributed by atoms with Gasteiger partial charge in [-0.1, -0.05) is 43.0 Å². The molecule has 0 atom stereocenters. The van der Waals surface area contributed by atoms with E-state index in [0.717, 1.165) is 18.4 Å². The fourth-order valence-corrected chi connectivity index (χ4v) is 1.80. The van der Waals surface area contributed by atoms with Crippen molar-refractivity contribution in [2.75, 3.05) is 0 Å². The molecule has 0 aromatic carbocycles. The van der Waals surface area contributed by atoms with Gasteiger partial charge in [0, 0.05) is 11.6 Å². The maximum absolute atomic E-state index is 11.2. The Balaban J connectivity index is 2.23. The van der Waals surface area contributed by atoms with Crippen molar-refractivity contribution >= 4 is 5.97 Å². The first-order valence-corrected chi connectivity index (χ1v) is 5.60. The molecular formula is C15H14O2. The monoisotopic (exact) mass is 226 g/mol. The highest BCUT2D eigenvalue weighted by Gasteiger charge is 2.14. The Labute approximate surface area is 101 Å². The van der Waals surface area contributed by atoms with E-state index < -0.39 is 5.97 Å². The van der Waals surface area contributed by atoms with Crippen LogP contribution in [-0.4, -0.2) is 5.97 Å². The van der Waals surface area contributed by atoms with Crippen LogP contribution in [0.25, 0.3) is 0 Å². The van der Waals surface area contributed by atoms with E-state index in [1.807, 2.05) is 24.3 Å². The molecule has 0 unspecified atom stereocenters. The minimum Gasteiger partial charge on any atom is -0.423 e. The molecular weight excluding hydrogens is 212 g/mol. The van der Waals surface area contributed by atoms with Crippen LogP contribution in [0.3, 0.4) is 0 Å². The van der Waals surface area contributed by atoms with Gasteiger partial charge in [-0.05, 0) is 24.5 Å². The van der Waals surface area contributed by atoms with Crippen molar-refractivity contribution in [3.8, 4) is 0 Å². The fraction of sp³-hybridized carbons (Fsp3) is 0.133. The summed E-state index contributed by atoms with van der Waals surface area (Å²) in [6.07, 6.45) is 17.0. The maximum Gasteiger partial charge on any atom is 0.335 e. The highest BCUT2D eigenvalue weighted by atomic mass is 16.5. The van der Waals surface area contributed by atoms with Crippen LogP contribution in [0, 0.1) is 0 Å². The molecule has 0 radical (unpaired) electrons. The first-order chi connectivity index (χ1) is 8.31. The van der Waals surface area contributed by atoms with E-state index in [2.05, 4.69) is 18.7 Å². The van der Waals surface area contributed by atoms with Crippen LogP contribution in [0.4, 0.5) is 0 Å². The maximum atomic E-state index is 11.2. The summed E-state index contributed by atoms with van der Waals surface area (Å²) in [7, 11) is 0. The average Bonchev–Trinajstić information content (AvgIpc) is 2.63. The van der Waals surface area contributed by atoms with E-state index in [0.29, 0.717) is 5.76 Å². The predicted molar refractivity (Wildman–Crippen MR) is 68.1 cm³/mol. The largest absolute Gasteiger partial charge is 0.423 e. The minimum atomic E-state index is -0.422. The standard InChI is InChI=1S/C15H14O2/c1-2-15(16)17-14-11-7-10-13(14)12-8-5-3-4-6-9-12/h2-5,7-8,10-11H,1,6,9H2. The van der Waals surface area contributed by atoms with Crippen molar-refractivity contribution in [3.63, 3.8) is 0 Å². The van der Waals surface area contributed by atoms with Crippen molar-refractivity contribution in [1.82, 2.24) is 0 Å². The van der Waals surface area contributed by atoms with Gasteiger partial charge in [0.15, 0.2) is 0 Å². The van der Waals surface area contributed by atoms with Gasteiger partial charge in [-0.2, -0.15) is 0 Å². The van der Waals surface area contributed by atoms with E-state index in [9.17, 15) is 4.79 Å². The number of hydrogen-bond donors (Lipinski definition) is 0. The smallest absolute Gasteiger partial charge is 0.335 e. The molecule has 86 valence electrons. The van der Waals surface area contributed by atoms with Crippen molar-refractivity contribution in [1.29, 1.82) is 0 Å². The molecule has 0 heterocycles. The Hall–Kier alpha value is -2.09. The molecule has 2 rings (SSSR count). The molecule has 0 bridgehead atoms. The van der Waals surface area contributed by atoms with Gasteiger partial charge in [0.2, 0.25) is 0 Å². The van der Waals surface area contributed by atoms with Gasteiger partial charge < -0.3 is 4.74 Å². The first kappa shape index (κ1) is 11.4. The first-order valence-electron chi connectivity index (χ1n) is 5.60. The number of carbonyl (C=O) groups is 1. The van der Waals surface area contributed by atoms with Gasteiger partial charge in [-0.25, -0.2) is 4.79 Å². The number of rotatable bonds is 2. The summed E-state index contributed by atoms with van der Waals surface area (Å²) < 4.78 is 5.20. The third kappa shape index (κ3) is 2.72. The molecule has 2 aliphatic rings. The molecule has 0 aromatic heterocycles. The molecule has 2 aliphatic carbocycles. The van der Waals surface area contributed by atoms with E-state index in [1.54, 1.807) is 6.08 Å². The molecule has 2 nitrogen and oxygen atoms in total. The summed E-state index contributed by atoms with van der Waals surface area (Å²) in [6.45, 7) is 3.39. The van der Waals surface area contributed by atoms with Crippen molar-refractivity contribution in [2.45, 2.75) is 12.8 Å². The molecule has 0 aromatic rings. The van der Waals surface area contributed by atoms with E-state index in [-0.39, 0.29) is 0 Å². The zero-order valence-electron chi connectivity index (χ0n) is 9.56. The van der Waals surface area contributed by atoms with E-state index in [1.165, 1.54) is 11.6 Å². The fourth-order valence-electron chi connectivity index (χ4n) is 1.80. The predicted octanol–water partition coefficient (Wildman–Crippen LogP) is 3.37. The lowest BCUT2D eigenvalue weighted by Crippen LogP contribution is -2.01. The lowest BCUT2D eigenvalue weighted by atomic mass is 10.0. The average molecular weight is 226 g/mol. The Kier molecular flexibility index (Phi) is 3.55. The summed E-state index contributed by atoms with van der Waals surface area (Å²) in [5, 5.41) is 0. The van der Waals surface area contributed by atoms with Crippen molar-refractivity contribution < 1.29 is 9.53 Å². The summed E-state index contributed by atoms with van der Waals surface area (Å²) in [6, 6.07) is 0. The van der Waals surface area contributed by atoms with Crippen molar-refractivity contribution in [2.24, 2.45) is 0 Å². The number of ether oxygens (including phenoxy) is 1. The lowest BCUT2D eigenvalue weighted by Gasteiger charge is -2.09. The summed E-state index contributed by atoms with van der Waals surface area (Å²) in [4.78, 5) is 11.2. The van der Waals surface area contributed by atoms with Gasteiger partial charge >= 0.3 is 5.97 Å². The Bertz CT molecular complexity index is 485.